The molecule has 6 rings (SSSR count). The topological polar surface area (TPSA) is 151 Å². The van der Waals surface area contributed by atoms with Gasteiger partial charge in [0.15, 0.2) is 5.82 Å². The molecule has 2 heterocycles. The van der Waals surface area contributed by atoms with E-state index in [1.807, 2.05) is 36.4 Å². The van der Waals surface area contributed by atoms with Crippen molar-refractivity contribution in [1.29, 1.82) is 5.26 Å². The zero-order valence-electron chi connectivity index (χ0n) is 29.0. The molecule has 12 nitrogen and oxygen atoms in total. The Hall–Kier alpha value is -4.63. The van der Waals surface area contributed by atoms with Crippen LogP contribution < -0.4 is 5.32 Å². The Morgan fingerprint density at radius 3 is 2.08 bits per heavy atom. The summed E-state index contributed by atoms with van der Waals surface area (Å²) in [4.78, 5) is 44.8. The summed E-state index contributed by atoms with van der Waals surface area (Å²) in [6.45, 7) is 0.736. The molecule has 2 aromatic carbocycles. The predicted molar refractivity (Wildman–Crippen MR) is 184 cm³/mol. The van der Waals surface area contributed by atoms with Gasteiger partial charge in [0.1, 0.15) is 6.04 Å². The number of aromatic nitrogens is 4. The van der Waals surface area contributed by atoms with Gasteiger partial charge in [-0.05, 0) is 108 Å². The summed E-state index contributed by atoms with van der Waals surface area (Å²) in [6, 6.07) is 13.7. The van der Waals surface area contributed by atoms with Crippen molar-refractivity contribution >= 4 is 17.7 Å². The Morgan fingerprint density at radius 1 is 0.939 bits per heavy atom. The van der Waals surface area contributed by atoms with Gasteiger partial charge in [0, 0.05) is 51.9 Å². The minimum Gasteiger partial charge on any atom is -0.345 e. The normalized spacial score (nSPS) is 19.2. The van der Waals surface area contributed by atoms with Gasteiger partial charge in [-0.25, -0.2) is 5.10 Å². The van der Waals surface area contributed by atoms with Crippen LogP contribution in [-0.2, 0) is 23.1 Å². The maximum absolute atomic E-state index is 13.6. The van der Waals surface area contributed by atoms with Gasteiger partial charge < -0.3 is 20.0 Å². The van der Waals surface area contributed by atoms with Gasteiger partial charge in [-0.15, -0.1) is 5.10 Å². The number of rotatable bonds is 9. The Bertz CT molecular complexity index is 1650. The first-order valence-corrected chi connectivity index (χ1v) is 17.5. The van der Waals surface area contributed by atoms with E-state index in [1.54, 1.807) is 42.9 Å². The first-order chi connectivity index (χ1) is 23.6. The molecule has 0 bridgehead atoms. The summed E-state index contributed by atoms with van der Waals surface area (Å²) in [5, 5.41) is 29.2. The lowest BCUT2D eigenvalue weighted by molar-refractivity contribution is -0.130. The molecule has 0 radical (unpaired) electrons. The Morgan fingerprint density at radius 2 is 1.55 bits per heavy atom. The number of carbonyl (C=O) groups is 3. The van der Waals surface area contributed by atoms with Gasteiger partial charge >= 0.3 is 0 Å². The molecule has 258 valence electrons. The summed E-state index contributed by atoms with van der Waals surface area (Å²) >= 11 is 0. The molecule has 1 saturated carbocycles. The first-order valence-electron chi connectivity index (χ1n) is 17.5. The van der Waals surface area contributed by atoms with Gasteiger partial charge in [-0.1, -0.05) is 31.4 Å². The highest BCUT2D eigenvalue weighted by atomic mass is 16.2. The number of nitriles is 1. The molecule has 1 aromatic heterocycles. The molecule has 3 aliphatic rings. The largest absolute Gasteiger partial charge is 0.345 e. The van der Waals surface area contributed by atoms with Crippen molar-refractivity contribution in [2.75, 3.05) is 41.3 Å². The fraction of sp³-hybridized carbons (Fsp3) is 0.541. The lowest BCUT2D eigenvalue weighted by atomic mass is 9.65. The fourth-order valence-electron chi connectivity index (χ4n) is 8.33. The number of hydrogen-bond acceptors (Lipinski definition) is 8. The van der Waals surface area contributed by atoms with E-state index in [-0.39, 0.29) is 36.3 Å². The summed E-state index contributed by atoms with van der Waals surface area (Å²) in [7, 11) is 7.00. The maximum atomic E-state index is 13.6. The summed E-state index contributed by atoms with van der Waals surface area (Å²) < 4.78 is 0. The van der Waals surface area contributed by atoms with E-state index in [2.05, 4.69) is 32.0 Å². The molecular weight excluding hydrogens is 618 g/mol. The lowest BCUT2D eigenvalue weighted by Crippen LogP contribution is -2.49. The highest BCUT2D eigenvalue weighted by Crippen LogP contribution is 2.48. The molecule has 1 saturated heterocycles. The highest BCUT2D eigenvalue weighted by Gasteiger charge is 2.47. The third-order valence-electron chi connectivity index (χ3n) is 10.8. The quantitative estimate of drug-likeness (QED) is 0.353. The predicted octanol–water partition coefficient (Wildman–Crippen LogP) is 3.48. The van der Waals surface area contributed by atoms with Crippen molar-refractivity contribution in [3.05, 3.63) is 75.6 Å². The van der Waals surface area contributed by atoms with Crippen molar-refractivity contribution in [3.63, 3.8) is 0 Å². The summed E-state index contributed by atoms with van der Waals surface area (Å²) in [6.07, 6.45) is 8.90. The number of nitrogens with one attached hydrogen (secondary N) is 2. The van der Waals surface area contributed by atoms with E-state index in [9.17, 15) is 19.6 Å². The number of benzene rings is 2. The van der Waals surface area contributed by atoms with Gasteiger partial charge in [0.2, 0.25) is 5.91 Å². The van der Waals surface area contributed by atoms with Crippen LogP contribution in [-0.4, -0.2) is 106 Å². The number of aromatic amines is 1. The highest BCUT2D eigenvalue weighted by molar-refractivity contribution is 5.95. The van der Waals surface area contributed by atoms with Gasteiger partial charge in [0.05, 0.1) is 18.0 Å². The Labute approximate surface area is 288 Å². The zero-order chi connectivity index (χ0) is 34.7. The average Bonchev–Trinajstić information content (AvgIpc) is 3.82. The second-order valence-electron chi connectivity index (χ2n) is 14.3. The second-order valence-corrected chi connectivity index (χ2v) is 14.3. The second kappa shape index (κ2) is 14.5. The van der Waals surface area contributed by atoms with E-state index in [0.29, 0.717) is 55.1 Å². The number of carbonyl (C=O) groups excluding carboxylic acids is 3. The number of amides is 3. The number of likely N-dealkylation sites (tertiary alicyclic amines) is 1. The van der Waals surface area contributed by atoms with Gasteiger partial charge in [0.25, 0.3) is 11.8 Å². The molecule has 49 heavy (non-hydrogen) atoms. The van der Waals surface area contributed by atoms with Crippen LogP contribution >= 0.6 is 0 Å². The molecule has 1 aliphatic heterocycles. The molecule has 2 aliphatic carbocycles. The first kappa shape index (κ1) is 34.2. The van der Waals surface area contributed by atoms with Crippen LogP contribution in [0.5, 0.6) is 0 Å². The third kappa shape index (κ3) is 6.69. The molecular formula is C37H47N9O3. The third-order valence-corrected chi connectivity index (χ3v) is 10.8. The van der Waals surface area contributed by atoms with Crippen LogP contribution in [0.25, 0.3) is 0 Å². The maximum Gasteiger partial charge on any atom is 0.253 e. The molecule has 0 unspecified atom stereocenters. The molecule has 2 atom stereocenters. The van der Waals surface area contributed by atoms with Crippen molar-refractivity contribution in [3.8, 4) is 6.07 Å². The number of hydrogen-bond donors (Lipinski definition) is 2. The number of H-pyrrole nitrogens is 1. The minimum atomic E-state index is -0.884. The molecule has 0 spiro atoms. The number of fused-ring (bicyclic) bond motifs is 2. The zero-order valence-corrected chi connectivity index (χ0v) is 29.0. The molecule has 12 heteroatoms. The molecule has 2 fully saturated rings. The van der Waals surface area contributed by atoms with Gasteiger partial charge in [-0.2, -0.15) is 5.26 Å². The van der Waals surface area contributed by atoms with Crippen LogP contribution in [0.4, 0.5) is 0 Å². The van der Waals surface area contributed by atoms with Crippen LogP contribution in [0.3, 0.4) is 0 Å². The van der Waals surface area contributed by atoms with E-state index >= 15 is 0 Å². The van der Waals surface area contributed by atoms with E-state index in [1.165, 1.54) is 6.42 Å². The monoisotopic (exact) mass is 665 g/mol. The summed E-state index contributed by atoms with van der Waals surface area (Å²) in [5.41, 5.74) is 4.38. The van der Waals surface area contributed by atoms with Crippen LogP contribution in [0.2, 0.25) is 0 Å². The average molecular weight is 666 g/mol. The van der Waals surface area contributed by atoms with Gasteiger partial charge in [-0.3, -0.25) is 14.4 Å². The van der Waals surface area contributed by atoms with Crippen molar-refractivity contribution in [2.24, 2.45) is 5.92 Å². The van der Waals surface area contributed by atoms with Crippen molar-refractivity contribution < 1.29 is 14.4 Å². The molecule has 2 N–H and O–H groups in total. The lowest BCUT2D eigenvalue weighted by Gasteiger charge is -2.41. The minimum absolute atomic E-state index is 0.0550. The number of nitrogens with zero attached hydrogens (tertiary/aromatic N) is 7. The standard InChI is InChI=1S/C37H47N9O3/c1-44(2)34(48)27-14-16-30-25(19-27)12-13-26-20-28(35(49)45(3)4)15-17-31(26)37(30,36-40-42-43-41-36)21-32(24-9-6-5-7-10-24)39-23-33(47)46-18-8-11-29(46)22-38/h14-17,19-20,24,29,32,39H,5-13,18,21,23H2,1-4H3,(H,40,41,42,43)/t29-,32-/m0/s1. The van der Waals surface area contributed by atoms with Crippen molar-refractivity contribution in [1.82, 2.24) is 40.6 Å². The number of aryl methyl sites for hydroxylation is 2. The smallest absolute Gasteiger partial charge is 0.253 e. The van der Waals surface area contributed by atoms with Crippen LogP contribution in [0.15, 0.2) is 36.4 Å². The molecule has 3 amide bonds. The number of tetrazole rings is 1. The SMILES string of the molecule is CN(C)C(=O)c1ccc2c(c1)CCc1cc(C(=O)N(C)C)ccc1C2(C[C@H](NCC(=O)N1CCC[C@H]1C#N)C1CCCCC1)c1nnn[nH]1. The summed E-state index contributed by atoms with van der Waals surface area (Å²) in [5.74, 6) is 0.675. The Kier molecular flexibility index (Phi) is 10.1. The van der Waals surface area contributed by atoms with E-state index in [0.717, 1.165) is 54.4 Å². The van der Waals surface area contributed by atoms with E-state index in [4.69, 9.17) is 0 Å². The fourth-order valence-corrected chi connectivity index (χ4v) is 8.33. The van der Waals surface area contributed by atoms with Crippen molar-refractivity contribution in [2.45, 2.75) is 81.7 Å². The van der Waals surface area contributed by atoms with Crippen LogP contribution in [0.1, 0.15) is 100 Å². The Balaban J connectivity index is 1.50. The van der Waals surface area contributed by atoms with E-state index < -0.39 is 5.41 Å². The molecule has 3 aromatic rings. The van der Waals surface area contributed by atoms with Crippen LogP contribution in [0, 0.1) is 17.2 Å².